The number of para-hydroxylation sites is 1. The van der Waals surface area contributed by atoms with Crippen LogP contribution in [-0.2, 0) is 26.5 Å². The quantitative estimate of drug-likeness (QED) is 0.154. The summed E-state index contributed by atoms with van der Waals surface area (Å²) in [7, 11) is 0. The van der Waals surface area contributed by atoms with Crippen LogP contribution in [0.3, 0.4) is 0 Å². The number of fused-ring (bicyclic) bond motifs is 1. The summed E-state index contributed by atoms with van der Waals surface area (Å²) in [5.74, 6) is 0.834. The predicted molar refractivity (Wildman–Crippen MR) is 238 cm³/mol. The van der Waals surface area contributed by atoms with Crippen molar-refractivity contribution in [2.24, 2.45) is 0 Å². The standard InChI is InChI=1S/C53H50N3O.Pt/c1-33(2)41-29-46(34(3)4)51(57)47(30-41)52-55-50-45(39-16-12-17-40(26-39)48-31-38(24-25-54-48)37-22-20-35(5)21-23-37)18-13-19-49(50)56(52)44-28-42(36-14-10-9-11-15-36)27-43(32-44)53(6,7)8;/h9-25,27-34,57H,1-8H3;/q-1;/i5D3,20D,21D,22D,23D,24D,25D,31D;. The SMILES string of the molecule is [2H]c1nc(-c2[c-]c(-c3cccc4c3nc(-c3cc(C(C)C)cc(C(C)C)c3O)n4-c3cc(-c4ccccc4)cc(C(C)(C)C)c3)ccc2)c([2H])c(-c2c([2H])c([2H])c(C([2H])([2H])[2H])c([2H])c2[2H])c1[2H].[Pt]. The summed E-state index contributed by atoms with van der Waals surface area (Å²) < 4.78 is 86.9. The number of aromatic nitrogens is 3. The molecule has 0 bridgehead atoms. The molecule has 0 aliphatic carbocycles. The van der Waals surface area contributed by atoms with E-state index in [9.17, 15) is 6.48 Å². The van der Waals surface area contributed by atoms with Crippen molar-refractivity contribution < 1.29 is 39.9 Å². The van der Waals surface area contributed by atoms with Crippen molar-refractivity contribution in [3.05, 3.63) is 168 Å². The molecule has 294 valence electrons. The second kappa shape index (κ2) is 16.4. The third-order valence-corrected chi connectivity index (χ3v) is 10.3. The summed E-state index contributed by atoms with van der Waals surface area (Å²) >= 11 is 0. The number of nitrogens with zero attached hydrogens (tertiary/aromatic N) is 3. The number of hydrogen-bond acceptors (Lipinski definition) is 3. The molecule has 4 nitrogen and oxygen atoms in total. The van der Waals surface area contributed by atoms with Crippen LogP contribution >= 0.6 is 0 Å². The number of imidazole rings is 1. The molecule has 0 aliphatic heterocycles. The number of pyridine rings is 1. The molecule has 0 spiro atoms. The summed E-state index contributed by atoms with van der Waals surface area (Å²) in [6.45, 7) is 11.9. The molecule has 6 aromatic carbocycles. The van der Waals surface area contributed by atoms with E-state index in [-0.39, 0.29) is 60.9 Å². The average molecular weight is 950 g/mol. The van der Waals surface area contributed by atoms with E-state index in [0.717, 1.165) is 39.0 Å². The fourth-order valence-electron chi connectivity index (χ4n) is 7.12. The van der Waals surface area contributed by atoms with Gasteiger partial charge in [-0.15, -0.1) is 29.8 Å². The number of phenols is 1. The van der Waals surface area contributed by atoms with Gasteiger partial charge in [0.15, 0.2) is 0 Å². The fourth-order valence-corrected chi connectivity index (χ4v) is 7.12. The van der Waals surface area contributed by atoms with Gasteiger partial charge in [-0.25, -0.2) is 4.98 Å². The molecular weight excluding hydrogens is 890 g/mol. The second-order valence-corrected chi connectivity index (χ2v) is 16.1. The van der Waals surface area contributed by atoms with Gasteiger partial charge in [0.25, 0.3) is 0 Å². The first-order valence-electron chi connectivity index (χ1n) is 24.2. The first-order chi connectivity index (χ1) is 31.5. The van der Waals surface area contributed by atoms with E-state index in [1.165, 1.54) is 0 Å². The van der Waals surface area contributed by atoms with Crippen LogP contribution in [0.4, 0.5) is 0 Å². The molecule has 2 aromatic heterocycles. The molecule has 58 heavy (non-hydrogen) atoms. The van der Waals surface area contributed by atoms with Crippen LogP contribution in [0, 0.1) is 12.9 Å². The topological polar surface area (TPSA) is 50.9 Å². The molecule has 1 N–H and O–H groups in total. The number of rotatable bonds is 8. The van der Waals surface area contributed by atoms with E-state index in [1.54, 1.807) is 12.1 Å². The molecule has 0 unspecified atom stereocenters. The maximum Gasteiger partial charge on any atom is 0.148 e. The molecular formula is C53H50N3OPt-. The van der Waals surface area contributed by atoms with Gasteiger partial charge in [0.05, 0.1) is 26.2 Å². The van der Waals surface area contributed by atoms with Gasteiger partial charge in [0, 0.05) is 42.7 Å². The maximum atomic E-state index is 12.2. The van der Waals surface area contributed by atoms with Gasteiger partial charge < -0.3 is 5.11 Å². The van der Waals surface area contributed by atoms with E-state index >= 15 is 0 Å². The Morgan fingerprint density at radius 3 is 2.17 bits per heavy atom. The Bertz CT molecular complexity index is 3240. The van der Waals surface area contributed by atoms with Gasteiger partial charge >= 0.3 is 0 Å². The summed E-state index contributed by atoms with van der Waals surface area (Å²) in [4.78, 5) is 9.72. The fraction of sp³-hybridized carbons (Fsp3) is 0.208. The van der Waals surface area contributed by atoms with Crippen molar-refractivity contribution in [1.29, 1.82) is 0 Å². The zero-order valence-electron chi connectivity index (χ0n) is 43.5. The third kappa shape index (κ3) is 7.96. The van der Waals surface area contributed by atoms with Crippen LogP contribution in [-0.4, -0.2) is 19.6 Å². The second-order valence-electron chi connectivity index (χ2n) is 16.1. The molecule has 2 heterocycles. The van der Waals surface area contributed by atoms with Gasteiger partial charge in [-0.3, -0.25) is 9.55 Å². The molecule has 0 aliphatic rings. The average Bonchev–Trinajstić information content (AvgIpc) is 3.67. The Morgan fingerprint density at radius 1 is 0.724 bits per heavy atom. The Morgan fingerprint density at radius 2 is 1.47 bits per heavy atom. The van der Waals surface area contributed by atoms with Gasteiger partial charge in [-0.2, -0.15) is 0 Å². The van der Waals surface area contributed by atoms with Gasteiger partial charge in [-0.05, 0) is 93.4 Å². The van der Waals surface area contributed by atoms with Crippen molar-refractivity contribution in [2.45, 2.75) is 72.6 Å². The minimum Gasteiger partial charge on any atom is -0.507 e. The van der Waals surface area contributed by atoms with Gasteiger partial charge in [0.1, 0.15) is 11.6 Å². The zero-order chi connectivity index (χ0) is 48.6. The predicted octanol–water partition coefficient (Wildman–Crippen LogP) is 14.1. The molecule has 8 rings (SSSR count). The Balaban J connectivity index is 0.00000684. The van der Waals surface area contributed by atoms with Crippen LogP contribution in [0.1, 0.15) is 96.3 Å². The molecule has 8 aromatic rings. The van der Waals surface area contributed by atoms with Crippen molar-refractivity contribution in [3.63, 3.8) is 0 Å². The van der Waals surface area contributed by atoms with Crippen LogP contribution in [0.2, 0.25) is 0 Å². The number of aromatic hydroxyl groups is 1. The van der Waals surface area contributed by atoms with Gasteiger partial charge in [0.2, 0.25) is 0 Å². The molecule has 0 amide bonds. The summed E-state index contributed by atoms with van der Waals surface area (Å²) in [5.41, 5.74) is 7.28. The number of phenolic OH excluding ortho intramolecular Hbond substituents is 1. The molecule has 0 fully saturated rings. The first kappa shape index (κ1) is 29.6. The Labute approximate surface area is 372 Å². The molecule has 0 radical (unpaired) electrons. The Hall–Kier alpha value is -5.57. The van der Waals surface area contributed by atoms with Crippen molar-refractivity contribution in [3.8, 4) is 67.5 Å². The van der Waals surface area contributed by atoms with Crippen LogP contribution in [0.5, 0.6) is 5.75 Å². The molecule has 0 saturated carbocycles. The Kier molecular flexibility index (Phi) is 8.35. The van der Waals surface area contributed by atoms with Crippen LogP contribution in [0.15, 0.2) is 139 Å². The summed E-state index contributed by atoms with van der Waals surface area (Å²) in [6, 6.07) is 31.0. The van der Waals surface area contributed by atoms with E-state index < -0.39 is 60.4 Å². The van der Waals surface area contributed by atoms with E-state index in [1.807, 2.05) is 48.5 Å². The zero-order valence-corrected chi connectivity index (χ0v) is 35.8. The maximum absolute atomic E-state index is 12.2. The molecule has 5 heteroatoms. The minimum absolute atomic E-state index is 0. The number of benzene rings is 6. The first-order valence-corrected chi connectivity index (χ1v) is 19.2. The van der Waals surface area contributed by atoms with Crippen LogP contribution in [0.25, 0.3) is 72.7 Å². The minimum atomic E-state index is -2.96. The summed E-state index contributed by atoms with van der Waals surface area (Å²) in [5, 5.41) is 12.2. The largest absolute Gasteiger partial charge is 0.507 e. The van der Waals surface area contributed by atoms with Crippen molar-refractivity contribution in [1.82, 2.24) is 14.5 Å². The van der Waals surface area contributed by atoms with Crippen molar-refractivity contribution in [2.75, 3.05) is 0 Å². The monoisotopic (exact) mass is 949 g/mol. The van der Waals surface area contributed by atoms with Crippen molar-refractivity contribution >= 4 is 11.0 Å². The smallest absolute Gasteiger partial charge is 0.148 e. The van der Waals surface area contributed by atoms with E-state index in [4.69, 9.17) is 17.3 Å². The van der Waals surface area contributed by atoms with E-state index in [2.05, 4.69) is 100 Å². The molecule has 0 saturated heterocycles. The summed E-state index contributed by atoms with van der Waals surface area (Å²) in [6.07, 6.45) is -0.585. The van der Waals surface area contributed by atoms with E-state index in [0.29, 0.717) is 28.0 Å². The van der Waals surface area contributed by atoms with Crippen LogP contribution < -0.4 is 0 Å². The molecule has 0 atom stereocenters. The third-order valence-electron chi connectivity index (χ3n) is 10.3. The normalized spacial score (nSPS) is 14.4. The van der Waals surface area contributed by atoms with Gasteiger partial charge in [-0.1, -0.05) is 150 Å². The number of hydrogen-bond donors (Lipinski definition) is 1.